The molecule has 0 aliphatic carbocycles. The van der Waals surface area contributed by atoms with Gasteiger partial charge in [0.05, 0.1) is 11.3 Å². The smallest absolute Gasteiger partial charge is 0.142 e. The highest BCUT2D eigenvalue weighted by Gasteiger charge is 2.30. The van der Waals surface area contributed by atoms with Gasteiger partial charge in [-0.1, -0.05) is 6.07 Å². The molecule has 0 atom stereocenters. The van der Waals surface area contributed by atoms with Gasteiger partial charge in [0.2, 0.25) is 0 Å². The lowest BCUT2D eigenvalue weighted by atomic mass is 9.83. The molecule has 1 aromatic rings. The van der Waals surface area contributed by atoms with E-state index in [0.717, 1.165) is 36.1 Å². The first-order valence-electron chi connectivity index (χ1n) is 7.93. The normalized spacial score (nSPS) is 21.1. The minimum Gasteiger partial charge on any atom is -0.381 e. The Morgan fingerprint density at radius 2 is 2.09 bits per heavy atom. The fraction of sp³-hybridized carbons (Fsp3) is 0.556. The Morgan fingerprint density at radius 1 is 1.36 bits per heavy atom. The fourth-order valence-corrected chi connectivity index (χ4v) is 3.37. The van der Waals surface area contributed by atoms with Crippen molar-refractivity contribution in [3.05, 3.63) is 35.1 Å². The molecule has 4 heteroatoms. The fourth-order valence-electron chi connectivity index (χ4n) is 3.37. The average molecular weight is 303 g/mol. The van der Waals surface area contributed by atoms with Crippen molar-refractivity contribution in [1.82, 2.24) is 0 Å². The number of halogens is 1. The van der Waals surface area contributed by atoms with Crippen molar-refractivity contribution < 1.29 is 13.9 Å². The number of carbonyl (C=O) groups is 1. The predicted octanol–water partition coefficient (Wildman–Crippen LogP) is 3.34. The molecule has 3 rings (SSSR count). The van der Waals surface area contributed by atoms with Crippen LogP contribution in [0.5, 0.6) is 0 Å². The quantitative estimate of drug-likeness (QED) is 0.859. The Bertz CT molecular complexity index is 616. The van der Waals surface area contributed by atoms with E-state index in [1.54, 1.807) is 0 Å². The lowest BCUT2D eigenvalue weighted by Gasteiger charge is -2.30. The maximum atomic E-state index is 13.6. The van der Waals surface area contributed by atoms with Gasteiger partial charge in [-0.15, -0.1) is 0 Å². The van der Waals surface area contributed by atoms with Crippen LogP contribution in [0.25, 0.3) is 0 Å². The molecule has 0 saturated carbocycles. The van der Waals surface area contributed by atoms with Crippen molar-refractivity contribution in [3.8, 4) is 0 Å². The monoisotopic (exact) mass is 303 g/mol. The van der Waals surface area contributed by atoms with Crippen LogP contribution in [0.4, 0.5) is 4.39 Å². The summed E-state index contributed by atoms with van der Waals surface area (Å²) in [5, 5.41) is 0. The number of carbonyl (C=O) groups excluding carboxylic acids is 1. The van der Waals surface area contributed by atoms with Gasteiger partial charge < -0.3 is 4.74 Å². The first-order chi connectivity index (χ1) is 10.4. The number of Topliss-reactive ketones (excluding diaryl/α,β-unsaturated/α-hetero) is 1. The molecule has 118 valence electrons. The Labute approximate surface area is 130 Å². The Morgan fingerprint density at radius 3 is 2.82 bits per heavy atom. The second-order valence-electron chi connectivity index (χ2n) is 6.88. The van der Waals surface area contributed by atoms with E-state index >= 15 is 0 Å². The average Bonchev–Trinajstić information content (AvgIpc) is 2.48. The van der Waals surface area contributed by atoms with Crippen LogP contribution in [0.15, 0.2) is 23.2 Å². The number of rotatable bonds is 3. The molecular formula is C18H22FNO2. The van der Waals surface area contributed by atoms with Crippen LogP contribution in [0.3, 0.4) is 0 Å². The molecule has 0 N–H and O–H groups in total. The summed E-state index contributed by atoms with van der Waals surface area (Å²) < 4.78 is 18.9. The van der Waals surface area contributed by atoms with Gasteiger partial charge in [0, 0.05) is 31.1 Å². The molecule has 2 aliphatic rings. The maximum absolute atomic E-state index is 13.6. The molecule has 0 unspecified atom stereocenters. The van der Waals surface area contributed by atoms with Crippen LogP contribution in [-0.4, -0.2) is 30.2 Å². The van der Waals surface area contributed by atoms with Gasteiger partial charge in [-0.25, -0.2) is 4.39 Å². The minimum absolute atomic E-state index is 0.0542. The lowest BCUT2D eigenvalue weighted by Crippen LogP contribution is -2.32. The summed E-state index contributed by atoms with van der Waals surface area (Å²) in [5.41, 5.74) is 2.38. The van der Waals surface area contributed by atoms with E-state index in [0.29, 0.717) is 19.6 Å². The number of ketones is 1. The zero-order chi connectivity index (χ0) is 15.7. The Kier molecular flexibility index (Phi) is 4.13. The van der Waals surface area contributed by atoms with Gasteiger partial charge >= 0.3 is 0 Å². The van der Waals surface area contributed by atoms with E-state index in [-0.39, 0.29) is 23.1 Å². The zero-order valence-corrected chi connectivity index (χ0v) is 13.2. The highest BCUT2D eigenvalue weighted by Crippen LogP contribution is 2.29. The third-order valence-electron chi connectivity index (χ3n) is 4.46. The van der Waals surface area contributed by atoms with Crippen LogP contribution in [0.1, 0.15) is 44.2 Å². The highest BCUT2D eigenvalue weighted by atomic mass is 19.1. The summed E-state index contributed by atoms with van der Waals surface area (Å²) in [6.45, 7) is 5.41. The Hall–Kier alpha value is -1.55. The number of hydrogen-bond donors (Lipinski definition) is 0. The molecule has 2 heterocycles. The molecule has 0 spiro atoms. The van der Waals surface area contributed by atoms with Gasteiger partial charge in [-0.3, -0.25) is 9.79 Å². The molecule has 22 heavy (non-hydrogen) atoms. The van der Waals surface area contributed by atoms with Crippen LogP contribution in [0, 0.1) is 11.7 Å². The molecule has 0 aromatic heterocycles. The van der Waals surface area contributed by atoms with Crippen molar-refractivity contribution in [2.75, 3.05) is 13.2 Å². The molecule has 2 aliphatic heterocycles. The summed E-state index contributed by atoms with van der Waals surface area (Å²) in [6, 6.07) is 4.82. The Balaban J connectivity index is 1.86. The van der Waals surface area contributed by atoms with E-state index in [2.05, 4.69) is 13.8 Å². The van der Waals surface area contributed by atoms with Gasteiger partial charge in [0.25, 0.3) is 0 Å². The van der Waals surface area contributed by atoms with Crippen LogP contribution in [0.2, 0.25) is 0 Å². The van der Waals surface area contributed by atoms with Crippen molar-refractivity contribution >= 4 is 11.5 Å². The third kappa shape index (κ3) is 3.27. The first-order valence-corrected chi connectivity index (χ1v) is 7.93. The van der Waals surface area contributed by atoms with Gasteiger partial charge in [-0.05, 0) is 50.8 Å². The van der Waals surface area contributed by atoms with E-state index in [4.69, 9.17) is 9.73 Å². The van der Waals surface area contributed by atoms with Crippen LogP contribution >= 0.6 is 0 Å². The number of benzene rings is 1. The standard InChI is InChI=1S/C18H22FNO2/c1-18(2)11-13-3-4-14(19)9-15(13)16(20-18)10-17(21)12-5-7-22-8-6-12/h3-4,9,12H,5-8,10-11H2,1-2H3. The number of hydrogen-bond acceptors (Lipinski definition) is 3. The topological polar surface area (TPSA) is 38.7 Å². The largest absolute Gasteiger partial charge is 0.381 e. The van der Waals surface area contributed by atoms with Crippen LogP contribution < -0.4 is 0 Å². The molecule has 0 bridgehead atoms. The number of ether oxygens (including phenoxy) is 1. The van der Waals surface area contributed by atoms with Crippen molar-refractivity contribution in [2.45, 2.75) is 45.1 Å². The van der Waals surface area contributed by atoms with Gasteiger partial charge in [0.1, 0.15) is 11.6 Å². The SMILES string of the molecule is CC1(C)Cc2ccc(F)cc2C(CC(=O)C2CCOCC2)=N1. The summed E-state index contributed by atoms with van der Waals surface area (Å²) in [4.78, 5) is 17.3. The number of aliphatic imine (C=N–C) groups is 1. The molecule has 1 saturated heterocycles. The number of nitrogens with zero attached hydrogens (tertiary/aromatic N) is 1. The van der Waals surface area contributed by atoms with E-state index in [1.165, 1.54) is 12.1 Å². The maximum Gasteiger partial charge on any atom is 0.142 e. The summed E-state index contributed by atoms with van der Waals surface area (Å²) in [5.74, 6) is -0.0156. The zero-order valence-electron chi connectivity index (χ0n) is 13.2. The van der Waals surface area contributed by atoms with Gasteiger partial charge in [-0.2, -0.15) is 0 Å². The molecule has 1 fully saturated rings. The summed E-state index contributed by atoms with van der Waals surface area (Å²) >= 11 is 0. The summed E-state index contributed by atoms with van der Waals surface area (Å²) in [7, 11) is 0. The van der Waals surface area contributed by atoms with Gasteiger partial charge in [0.15, 0.2) is 0 Å². The van der Waals surface area contributed by atoms with Crippen molar-refractivity contribution in [1.29, 1.82) is 0 Å². The van der Waals surface area contributed by atoms with E-state index in [1.807, 2.05) is 6.07 Å². The first kappa shape index (κ1) is 15.3. The van der Waals surface area contributed by atoms with Crippen LogP contribution in [-0.2, 0) is 16.0 Å². The molecule has 0 amide bonds. The minimum atomic E-state index is -0.273. The molecule has 0 radical (unpaired) electrons. The molecular weight excluding hydrogens is 281 g/mol. The lowest BCUT2D eigenvalue weighted by molar-refractivity contribution is -0.124. The summed E-state index contributed by atoms with van der Waals surface area (Å²) in [6.07, 6.45) is 2.64. The predicted molar refractivity (Wildman–Crippen MR) is 83.9 cm³/mol. The second kappa shape index (κ2) is 5.92. The van der Waals surface area contributed by atoms with E-state index in [9.17, 15) is 9.18 Å². The molecule has 1 aromatic carbocycles. The van der Waals surface area contributed by atoms with Crippen molar-refractivity contribution in [3.63, 3.8) is 0 Å². The van der Waals surface area contributed by atoms with Crippen molar-refractivity contribution in [2.24, 2.45) is 10.9 Å². The molecule has 3 nitrogen and oxygen atoms in total. The van der Waals surface area contributed by atoms with E-state index < -0.39 is 0 Å². The second-order valence-corrected chi connectivity index (χ2v) is 6.88. The third-order valence-corrected chi connectivity index (χ3v) is 4.46. The highest BCUT2D eigenvalue weighted by molar-refractivity contribution is 6.13. The number of fused-ring (bicyclic) bond motifs is 1.